The molecular formula is C11H17NO. The third-order valence-corrected chi connectivity index (χ3v) is 2.19. The molecule has 0 amide bonds. The Kier molecular flexibility index (Phi) is 3.77. The van der Waals surface area contributed by atoms with Gasteiger partial charge in [0.05, 0.1) is 6.61 Å². The highest BCUT2D eigenvalue weighted by Gasteiger charge is 2.01. The van der Waals surface area contributed by atoms with E-state index < -0.39 is 0 Å². The van der Waals surface area contributed by atoms with E-state index in [2.05, 4.69) is 31.3 Å². The zero-order valence-corrected chi connectivity index (χ0v) is 8.30. The van der Waals surface area contributed by atoms with Crippen LogP contribution in [-0.2, 0) is 6.42 Å². The molecule has 0 aromatic heterocycles. The number of rotatable bonds is 4. The lowest BCUT2D eigenvalue weighted by Crippen LogP contribution is -2.07. The van der Waals surface area contributed by atoms with Gasteiger partial charge >= 0.3 is 0 Å². The Labute approximate surface area is 79.6 Å². The van der Waals surface area contributed by atoms with E-state index in [1.54, 1.807) is 0 Å². The maximum absolute atomic E-state index is 8.70. The van der Waals surface area contributed by atoms with Crippen molar-refractivity contribution in [2.45, 2.75) is 20.3 Å². The molecule has 0 bridgehead atoms. The highest BCUT2D eigenvalue weighted by Crippen LogP contribution is 2.19. The molecule has 13 heavy (non-hydrogen) atoms. The number of benzene rings is 1. The largest absolute Gasteiger partial charge is 0.395 e. The molecule has 0 spiro atoms. The van der Waals surface area contributed by atoms with Gasteiger partial charge in [0, 0.05) is 12.2 Å². The number of aliphatic hydroxyl groups excluding tert-OH is 1. The monoisotopic (exact) mass is 179 g/mol. The summed E-state index contributed by atoms with van der Waals surface area (Å²) in [4.78, 5) is 0. The van der Waals surface area contributed by atoms with Gasteiger partial charge in [-0.25, -0.2) is 0 Å². The first kappa shape index (κ1) is 10.1. The third kappa shape index (κ3) is 2.46. The topological polar surface area (TPSA) is 32.3 Å². The molecule has 0 radical (unpaired) electrons. The van der Waals surface area contributed by atoms with Gasteiger partial charge in [-0.3, -0.25) is 0 Å². The van der Waals surface area contributed by atoms with Crippen LogP contribution < -0.4 is 5.32 Å². The molecule has 0 aliphatic heterocycles. The molecule has 2 nitrogen and oxygen atoms in total. The minimum absolute atomic E-state index is 0.178. The van der Waals surface area contributed by atoms with Gasteiger partial charge in [0.15, 0.2) is 0 Å². The second-order valence-corrected chi connectivity index (χ2v) is 3.10. The molecule has 1 rings (SSSR count). The van der Waals surface area contributed by atoms with Crippen molar-refractivity contribution in [3.63, 3.8) is 0 Å². The van der Waals surface area contributed by atoms with E-state index in [1.807, 2.05) is 6.07 Å². The van der Waals surface area contributed by atoms with Crippen LogP contribution in [0.4, 0.5) is 5.69 Å². The second kappa shape index (κ2) is 4.87. The first-order chi connectivity index (χ1) is 6.29. The number of hydrogen-bond acceptors (Lipinski definition) is 2. The fourth-order valence-corrected chi connectivity index (χ4v) is 1.53. The zero-order chi connectivity index (χ0) is 9.68. The molecule has 0 saturated carbocycles. The summed E-state index contributed by atoms with van der Waals surface area (Å²) in [5.74, 6) is 0. The molecule has 0 fully saturated rings. The van der Waals surface area contributed by atoms with Crippen molar-refractivity contribution in [2.75, 3.05) is 18.5 Å². The molecule has 72 valence electrons. The molecule has 2 N–H and O–H groups in total. The smallest absolute Gasteiger partial charge is 0.0604 e. The van der Waals surface area contributed by atoms with E-state index >= 15 is 0 Å². The lowest BCUT2D eigenvalue weighted by Gasteiger charge is -2.11. The predicted octanol–water partition coefficient (Wildman–Crippen LogP) is 1.96. The van der Waals surface area contributed by atoms with Gasteiger partial charge in [0.1, 0.15) is 0 Å². The van der Waals surface area contributed by atoms with E-state index in [9.17, 15) is 0 Å². The molecule has 0 unspecified atom stereocenters. The van der Waals surface area contributed by atoms with Gasteiger partial charge in [-0.15, -0.1) is 0 Å². The number of aryl methyl sites for hydroxylation is 1. The summed E-state index contributed by atoms with van der Waals surface area (Å²) >= 11 is 0. The highest BCUT2D eigenvalue weighted by atomic mass is 16.3. The quantitative estimate of drug-likeness (QED) is 0.740. The van der Waals surface area contributed by atoms with Crippen molar-refractivity contribution >= 4 is 5.69 Å². The molecule has 0 atom stereocenters. The van der Waals surface area contributed by atoms with Crippen LogP contribution in [0, 0.1) is 6.92 Å². The molecule has 0 saturated heterocycles. The summed E-state index contributed by atoms with van der Waals surface area (Å²) in [7, 11) is 0. The molecule has 0 aliphatic carbocycles. The van der Waals surface area contributed by atoms with Crippen LogP contribution >= 0.6 is 0 Å². The van der Waals surface area contributed by atoms with Gasteiger partial charge < -0.3 is 10.4 Å². The fraction of sp³-hybridized carbons (Fsp3) is 0.455. The molecule has 2 heteroatoms. The van der Waals surface area contributed by atoms with Crippen LogP contribution in [0.1, 0.15) is 18.1 Å². The summed E-state index contributed by atoms with van der Waals surface area (Å²) in [6, 6.07) is 6.21. The van der Waals surface area contributed by atoms with Crippen LogP contribution in [-0.4, -0.2) is 18.3 Å². The van der Waals surface area contributed by atoms with Crippen LogP contribution in [0.2, 0.25) is 0 Å². The maximum atomic E-state index is 8.70. The van der Waals surface area contributed by atoms with Crippen molar-refractivity contribution in [1.29, 1.82) is 0 Å². The lowest BCUT2D eigenvalue weighted by molar-refractivity contribution is 0.311. The van der Waals surface area contributed by atoms with E-state index in [4.69, 9.17) is 5.11 Å². The summed E-state index contributed by atoms with van der Waals surface area (Å²) < 4.78 is 0. The first-order valence-electron chi connectivity index (χ1n) is 4.72. The Bertz CT molecular complexity index is 271. The Morgan fingerprint density at radius 3 is 2.77 bits per heavy atom. The Morgan fingerprint density at radius 2 is 2.15 bits per heavy atom. The van der Waals surface area contributed by atoms with Crippen LogP contribution in [0.3, 0.4) is 0 Å². The molecule has 1 aromatic carbocycles. The summed E-state index contributed by atoms with van der Waals surface area (Å²) in [5, 5.41) is 11.9. The molecular weight excluding hydrogens is 162 g/mol. The minimum Gasteiger partial charge on any atom is -0.395 e. The summed E-state index contributed by atoms with van der Waals surface area (Å²) in [6.07, 6.45) is 1.03. The standard InChI is InChI=1S/C11H17NO/c1-3-10-9(2)5-4-6-11(10)12-7-8-13/h4-6,12-13H,3,7-8H2,1-2H3. The van der Waals surface area contributed by atoms with Gasteiger partial charge in [-0.05, 0) is 30.5 Å². The Balaban J connectivity index is 2.85. The van der Waals surface area contributed by atoms with Crippen LogP contribution in [0.15, 0.2) is 18.2 Å². The van der Waals surface area contributed by atoms with Crippen LogP contribution in [0.25, 0.3) is 0 Å². The van der Waals surface area contributed by atoms with Crippen molar-refractivity contribution < 1.29 is 5.11 Å². The van der Waals surface area contributed by atoms with Gasteiger partial charge in [0.25, 0.3) is 0 Å². The van der Waals surface area contributed by atoms with Crippen molar-refractivity contribution in [2.24, 2.45) is 0 Å². The normalized spacial score (nSPS) is 10.1. The lowest BCUT2D eigenvalue weighted by atomic mass is 10.0. The molecule has 1 aromatic rings. The minimum atomic E-state index is 0.178. The number of anilines is 1. The number of hydrogen-bond donors (Lipinski definition) is 2. The van der Waals surface area contributed by atoms with Crippen molar-refractivity contribution in [1.82, 2.24) is 0 Å². The highest BCUT2D eigenvalue weighted by molar-refractivity contribution is 5.54. The maximum Gasteiger partial charge on any atom is 0.0604 e. The zero-order valence-electron chi connectivity index (χ0n) is 8.30. The van der Waals surface area contributed by atoms with Gasteiger partial charge in [-0.1, -0.05) is 19.1 Å². The molecule has 0 aliphatic rings. The number of aliphatic hydroxyl groups is 1. The van der Waals surface area contributed by atoms with Crippen LogP contribution in [0.5, 0.6) is 0 Å². The summed E-state index contributed by atoms with van der Waals surface area (Å²) in [5.41, 5.74) is 3.80. The average molecular weight is 179 g/mol. The van der Waals surface area contributed by atoms with Crippen molar-refractivity contribution in [3.8, 4) is 0 Å². The molecule has 0 heterocycles. The van der Waals surface area contributed by atoms with E-state index in [-0.39, 0.29) is 6.61 Å². The second-order valence-electron chi connectivity index (χ2n) is 3.10. The fourth-order valence-electron chi connectivity index (χ4n) is 1.53. The third-order valence-electron chi connectivity index (χ3n) is 2.19. The van der Waals surface area contributed by atoms with Crippen molar-refractivity contribution in [3.05, 3.63) is 29.3 Å². The predicted molar refractivity (Wildman–Crippen MR) is 56.1 cm³/mol. The Morgan fingerprint density at radius 1 is 1.38 bits per heavy atom. The van der Waals surface area contributed by atoms with Gasteiger partial charge in [0.2, 0.25) is 0 Å². The van der Waals surface area contributed by atoms with E-state index in [0.717, 1.165) is 12.1 Å². The number of nitrogens with one attached hydrogen (secondary N) is 1. The van der Waals surface area contributed by atoms with E-state index in [0.29, 0.717) is 6.54 Å². The van der Waals surface area contributed by atoms with Gasteiger partial charge in [-0.2, -0.15) is 0 Å². The van der Waals surface area contributed by atoms with E-state index in [1.165, 1.54) is 11.1 Å². The average Bonchev–Trinajstić information content (AvgIpc) is 2.15. The SMILES string of the molecule is CCc1c(C)cccc1NCCO. The first-order valence-corrected chi connectivity index (χ1v) is 4.72. The summed E-state index contributed by atoms with van der Waals surface area (Å²) in [6.45, 7) is 5.06. The Hall–Kier alpha value is -1.02.